The molecule has 0 bridgehead atoms. The lowest BCUT2D eigenvalue weighted by Crippen LogP contribution is -2.38. The second kappa shape index (κ2) is 7.78. The van der Waals surface area contributed by atoms with Crippen LogP contribution >= 0.6 is 0 Å². The van der Waals surface area contributed by atoms with Crippen LogP contribution in [0, 0.1) is 11.8 Å². The average molecular weight is 368 g/mol. The number of benzene rings is 2. The van der Waals surface area contributed by atoms with Crippen molar-refractivity contribution in [1.29, 1.82) is 0 Å². The molecule has 6 heteroatoms. The highest BCUT2D eigenvalue weighted by Gasteiger charge is 2.37. The van der Waals surface area contributed by atoms with E-state index in [4.69, 9.17) is 4.74 Å². The van der Waals surface area contributed by atoms with Gasteiger partial charge in [0.15, 0.2) is 0 Å². The van der Waals surface area contributed by atoms with E-state index in [-0.39, 0.29) is 30.7 Å². The number of nitrogens with zero attached hydrogens (tertiary/aromatic N) is 2. The van der Waals surface area contributed by atoms with Gasteiger partial charge in [0.1, 0.15) is 0 Å². The molecule has 0 saturated carbocycles. The summed E-state index contributed by atoms with van der Waals surface area (Å²) in [4.78, 5) is 40.2. The quantitative estimate of drug-likeness (QED) is 0.761. The van der Waals surface area contributed by atoms with Crippen molar-refractivity contribution in [2.45, 2.75) is 13.3 Å². The fraction of sp³-hybridized carbons (Fsp3) is 0.381. The predicted octanol–water partition coefficient (Wildman–Crippen LogP) is 2.46. The predicted molar refractivity (Wildman–Crippen MR) is 103 cm³/mol. The van der Waals surface area contributed by atoms with E-state index >= 15 is 0 Å². The minimum absolute atomic E-state index is 0.0564. The highest BCUT2D eigenvalue weighted by Crippen LogP contribution is 2.32. The van der Waals surface area contributed by atoms with E-state index in [0.29, 0.717) is 6.54 Å². The lowest BCUT2D eigenvalue weighted by Gasteiger charge is -2.24. The zero-order chi connectivity index (χ0) is 19.6. The van der Waals surface area contributed by atoms with Gasteiger partial charge in [-0.25, -0.2) is 0 Å². The first-order valence-corrected chi connectivity index (χ1v) is 9.03. The highest BCUT2D eigenvalue weighted by molar-refractivity contribution is 6.07. The summed E-state index contributed by atoms with van der Waals surface area (Å²) in [5.41, 5.74) is 0.832. The van der Waals surface area contributed by atoms with E-state index in [1.54, 1.807) is 18.9 Å². The summed E-state index contributed by atoms with van der Waals surface area (Å²) in [5.74, 6) is -1.35. The van der Waals surface area contributed by atoms with E-state index in [2.05, 4.69) is 0 Å². The molecule has 1 fully saturated rings. The van der Waals surface area contributed by atoms with Crippen molar-refractivity contribution >= 4 is 34.2 Å². The number of amides is 2. The van der Waals surface area contributed by atoms with Gasteiger partial charge in [-0.1, -0.05) is 43.3 Å². The molecule has 0 aromatic heterocycles. The fourth-order valence-electron chi connectivity index (χ4n) is 3.64. The molecule has 2 aromatic rings. The second-order valence-electron chi connectivity index (χ2n) is 7.05. The molecule has 1 aliphatic rings. The molecule has 0 aliphatic carbocycles. The largest absolute Gasteiger partial charge is 0.469 e. The van der Waals surface area contributed by atoms with Crippen LogP contribution in [0.25, 0.3) is 10.8 Å². The normalized spacial score (nSPS) is 17.8. The summed E-state index contributed by atoms with van der Waals surface area (Å²) in [6.07, 6.45) is 0.180. The number of esters is 1. The van der Waals surface area contributed by atoms with Crippen LogP contribution in [0.1, 0.15) is 13.3 Å². The third-order valence-corrected chi connectivity index (χ3v) is 5.06. The number of anilines is 1. The molecule has 27 heavy (non-hydrogen) atoms. The average Bonchev–Trinajstić information content (AvgIpc) is 3.07. The molecular formula is C21H24N2O4. The van der Waals surface area contributed by atoms with Gasteiger partial charge < -0.3 is 14.5 Å². The Morgan fingerprint density at radius 3 is 2.67 bits per heavy atom. The summed E-state index contributed by atoms with van der Waals surface area (Å²) in [6, 6.07) is 13.7. The van der Waals surface area contributed by atoms with Crippen LogP contribution in [0.3, 0.4) is 0 Å². The Morgan fingerprint density at radius 2 is 1.93 bits per heavy atom. The molecular weight excluding hydrogens is 344 g/mol. The Morgan fingerprint density at radius 1 is 1.22 bits per heavy atom. The molecule has 2 amide bonds. The molecule has 0 N–H and O–H groups in total. The maximum absolute atomic E-state index is 12.8. The van der Waals surface area contributed by atoms with Gasteiger partial charge in [0.2, 0.25) is 11.8 Å². The van der Waals surface area contributed by atoms with E-state index in [0.717, 1.165) is 16.5 Å². The molecule has 1 heterocycles. The number of carbonyl (C=O) groups is 3. The van der Waals surface area contributed by atoms with Crippen LogP contribution in [0.5, 0.6) is 0 Å². The first kappa shape index (κ1) is 18.9. The number of carbonyl (C=O) groups excluding carboxylic acids is 3. The topological polar surface area (TPSA) is 66.9 Å². The van der Waals surface area contributed by atoms with Crippen LogP contribution in [0.2, 0.25) is 0 Å². The Kier molecular flexibility index (Phi) is 5.44. The third-order valence-electron chi connectivity index (χ3n) is 5.06. The number of hydrogen-bond acceptors (Lipinski definition) is 4. The molecule has 0 radical (unpaired) electrons. The zero-order valence-electron chi connectivity index (χ0n) is 15.8. The van der Waals surface area contributed by atoms with Gasteiger partial charge in [-0.2, -0.15) is 0 Å². The van der Waals surface area contributed by atoms with Gasteiger partial charge in [-0.3, -0.25) is 14.4 Å². The maximum Gasteiger partial charge on any atom is 0.310 e. The number of methoxy groups -OCH3 is 1. The van der Waals surface area contributed by atoms with Gasteiger partial charge in [-0.05, 0) is 11.5 Å². The molecule has 2 aromatic carbocycles. The fourth-order valence-corrected chi connectivity index (χ4v) is 3.64. The third kappa shape index (κ3) is 3.79. The van der Waals surface area contributed by atoms with Crippen molar-refractivity contribution in [2.75, 3.05) is 32.1 Å². The summed E-state index contributed by atoms with van der Waals surface area (Å²) < 4.78 is 4.71. The molecule has 2 unspecified atom stereocenters. The monoisotopic (exact) mass is 368 g/mol. The lowest BCUT2D eigenvalue weighted by atomic mass is 10.1. The van der Waals surface area contributed by atoms with Crippen molar-refractivity contribution in [3.05, 3.63) is 42.5 Å². The molecule has 1 saturated heterocycles. The smallest absolute Gasteiger partial charge is 0.310 e. The summed E-state index contributed by atoms with van der Waals surface area (Å²) >= 11 is 0. The Balaban J connectivity index is 1.75. The number of ether oxygens (including phenoxy) is 1. The van der Waals surface area contributed by atoms with Crippen molar-refractivity contribution in [3.8, 4) is 0 Å². The Bertz CT molecular complexity index is 874. The lowest BCUT2D eigenvalue weighted by molar-refractivity contribution is -0.146. The van der Waals surface area contributed by atoms with E-state index in [9.17, 15) is 14.4 Å². The van der Waals surface area contributed by atoms with Gasteiger partial charge in [0.25, 0.3) is 0 Å². The summed E-state index contributed by atoms with van der Waals surface area (Å²) in [6.45, 7) is 2.34. The second-order valence-corrected chi connectivity index (χ2v) is 7.05. The van der Waals surface area contributed by atoms with E-state index in [1.807, 2.05) is 42.5 Å². The van der Waals surface area contributed by atoms with Gasteiger partial charge in [-0.15, -0.1) is 0 Å². The van der Waals surface area contributed by atoms with Crippen molar-refractivity contribution in [2.24, 2.45) is 11.8 Å². The molecule has 6 nitrogen and oxygen atoms in total. The van der Waals surface area contributed by atoms with Crippen LogP contribution in [-0.2, 0) is 19.1 Å². The van der Waals surface area contributed by atoms with Crippen LogP contribution in [0.15, 0.2) is 42.5 Å². The molecule has 1 aliphatic heterocycles. The SMILES string of the molecule is COC(=O)C(C)CN(C)C(=O)C1CC(=O)N(c2cccc3ccccc23)C1. The number of rotatable bonds is 5. The number of fused-ring (bicyclic) bond motifs is 1. The van der Waals surface area contributed by atoms with Crippen molar-refractivity contribution in [3.63, 3.8) is 0 Å². The summed E-state index contributed by atoms with van der Waals surface area (Å²) in [7, 11) is 2.99. The minimum atomic E-state index is -0.411. The maximum atomic E-state index is 12.8. The van der Waals surface area contributed by atoms with E-state index in [1.165, 1.54) is 12.0 Å². The zero-order valence-corrected chi connectivity index (χ0v) is 15.8. The van der Waals surface area contributed by atoms with Crippen LogP contribution in [-0.4, -0.2) is 49.9 Å². The van der Waals surface area contributed by atoms with Gasteiger partial charge >= 0.3 is 5.97 Å². The van der Waals surface area contributed by atoms with Crippen molar-refractivity contribution < 1.29 is 19.1 Å². The molecule has 0 spiro atoms. The highest BCUT2D eigenvalue weighted by atomic mass is 16.5. The molecule has 2 atom stereocenters. The van der Waals surface area contributed by atoms with Gasteiger partial charge in [0.05, 0.1) is 24.6 Å². The van der Waals surface area contributed by atoms with Crippen LogP contribution in [0.4, 0.5) is 5.69 Å². The standard InChI is InChI=1S/C21H24N2O4/c1-14(21(26)27-3)12-22(2)20(25)16-11-19(24)23(13-16)18-10-6-8-15-7-4-5-9-17(15)18/h4-10,14,16H,11-13H2,1-3H3. The first-order valence-electron chi connectivity index (χ1n) is 9.03. The molecule has 3 rings (SSSR count). The molecule has 142 valence electrons. The first-order chi connectivity index (χ1) is 12.9. The summed E-state index contributed by atoms with van der Waals surface area (Å²) in [5, 5.41) is 2.05. The number of hydrogen-bond donors (Lipinski definition) is 0. The van der Waals surface area contributed by atoms with Crippen molar-refractivity contribution in [1.82, 2.24) is 4.90 Å². The van der Waals surface area contributed by atoms with E-state index < -0.39 is 11.8 Å². The Hall–Kier alpha value is -2.89. The van der Waals surface area contributed by atoms with Crippen LogP contribution < -0.4 is 4.90 Å². The Labute approximate surface area is 158 Å². The van der Waals surface area contributed by atoms with Gasteiger partial charge in [0, 0.05) is 31.9 Å². The minimum Gasteiger partial charge on any atom is -0.469 e.